The molecule has 0 saturated carbocycles. The molecule has 6 heteroatoms. The Labute approximate surface area is 70.1 Å². The average Bonchev–Trinajstić information content (AvgIpc) is 2.59. The van der Waals surface area contributed by atoms with E-state index in [2.05, 4.69) is 10.3 Å². The fourth-order valence-electron chi connectivity index (χ4n) is 0.401. The smallest absolute Gasteiger partial charge is 0.322 e. The van der Waals surface area contributed by atoms with Crippen molar-refractivity contribution in [2.45, 2.75) is 6.04 Å². The van der Waals surface area contributed by atoms with Gasteiger partial charge in [-0.15, -0.1) is 0 Å². The monoisotopic (exact) mass is 175 g/mol. The van der Waals surface area contributed by atoms with Crippen LogP contribution < -0.4 is 11.1 Å². The topological polar surface area (TPSA) is 108 Å². The molecule has 1 unspecified atom stereocenters. The van der Waals surface area contributed by atoms with Gasteiger partial charge >= 0.3 is 5.97 Å². The van der Waals surface area contributed by atoms with Gasteiger partial charge in [0, 0.05) is 6.54 Å². The van der Waals surface area contributed by atoms with Crippen LogP contribution >= 0.6 is 0 Å². The average molecular weight is 175 g/mol. The van der Waals surface area contributed by atoms with Gasteiger partial charge in [-0.2, -0.15) is 0 Å². The van der Waals surface area contributed by atoms with Crippen LogP contribution in [0.5, 0.6) is 0 Å². The second-order valence-corrected chi connectivity index (χ2v) is 2.12. The quantitative estimate of drug-likeness (QED) is 0.388. The fourth-order valence-corrected chi connectivity index (χ4v) is 0.401. The number of aliphatic imine (C=N–C) groups is 1. The van der Waals surface area contributed by atoms with Gasteiger partial charge in [-0.25, -0.2) is 0 Å². The Kier molecular flexibility index (Phi) is 5.94. The van der Waals surface area contributed by atoms with Crippen molar-refractivity contribution in [3.63, 3.8) is 0 Å². The van der Waals surface area contributed by atoms with Crippen molar-refractivity contribution in [1.82, 2.24) is 5.32 Å². The van der Waals surface area contributed by atoms with Gasteiger partial charge in [0.2, 0.25) is 0 Å². The number of nitrogens with one attached hydrogen (secondary N) is 1. The summed E-state index contributed by atoms with van der Waals surface area (Å²) in [6.45, 7) is 1.48. The molecule has 0 saturated heterocycles. The van der Waals surface area contributed by atoms with Crippen LogP contribution in [-0.2, 0) is 4.79 Å². The standard InChI is InChI=1S/C3H6N2.C3H7NO3/c1-2-5-3-4-1;4-2(1-5)3(6)7/h3H,1-2H2,(H,4,5);2,5H,1,4H2,(H,6,7). The van der Waals surface area contributed by atoms with Crippen molar-refractivity contribution in [3.05, 3.63) is 0 Å². The molecule has 0 aromatic carbocycles. The second-order valence-electron chi connectivity index (χ2n) is 2.12. The number of nitrogens with two attached hydrogens (primary N) is 1. The van der Waals surface area contributed by atoms with Gasteiger partial charge in [0.05, 0.1) is 19.5 Å². The van der Waals surface area contributed by atoms with Crippen LogP contribution in [0, 0.1) is 0 Å². The van der Waals surface area contributed by atoms with Crippen molar-refractivity contribution < 1.29 is 15.0 Å². The summed E-state index contributed by atoms with van der Waals surface area (Å²) < 4.78 is 0. The Balaban J connectivity index is 0.000000211. The molecule has 0 aromatic rings. The highest BCUT2D eigenvalue weighted by molar-refractivity contribution is 5.73. The lowest BCUT2D eigenvalue weighted by Gasteiger charge is -1.96. The first-order valence-electron chi connectivity index (χ1n) is 3.49. The Morgan fingerprint density at radius 2 is 2.50 bits per heavy atom. The van der Waals surface area contributed by atoms with Gasteiger partial charge in [-0.1, -0.05) is 0 Å². The van der Waals surface area contributed by atoms with E-state index in [1.54, 1.807) is 6.34 Å². The molecule has 5 N–H and O–H groups in total. The van der Waals surface area contributed by atoms with Crippen LogP contribution in [-0.4, -0.2) is 48.3 Å². The summed E-state index contributed by atoms with van der Waals surface area (Å²) in [5, 5.41) is 18.8. The Hall–Kier alpha value is -1.14. The van der Waals surface area contributed by atoms with Crippen LogP contribution in [0.3, 0.4) is 0 Å². The second kappa shape index (κ2) is 6.56. The van der Waals surface area contributed by atoms with E-state index in [1.165, 1.54) is 0 Å². The highest BCUT2D eigenvalue weighted by atomic mass is 16.4. The van der Waals surface area contributed by atoms with E-state index in [9.17, 15) is 4.79 Å². The molecule has 1 aliphatic rings. The number of carboxylic acids is 1. The fraction of sp³-hybridized carbons (Fsp3) is 0.667. The number of aliphatic hydroxyl groups excluding tert-OH is 1. The predicted molar refractivity (Wildman–Crippen MR) is 44.1 cm³/mol. The van der Waals surface area contributed by atoms with Crippen LogP contribution in [0.1, 0.15) is 0 Å². The molecule has 12 heavy (non-hydrogen) atoms. The number of carbonyl (C=O) groups is 1. The van der Waals surface area contributed by atoms with Gasteiger partial charge in [-0.3, -0.25) is 9.79 Å². The molecular formula is C6H13N3O3. The van der Waals surface area contributed by atoms with Gasteiger partial charge in [0.1, 0.15) is 6.04 Å². The minimum absolute atomic E-state index is 0.505. The predicted octanol–water partition coefficient (Wildman–Crippen LogP) is -1.99. The number of carboxylic acid groups (broad SMARTS) is 1. The third kappa shape index (κ3) is 5.63. The maximum Gasteiger partial charge on any atom is 0.322 e. The first-order valence-corrected chi connectivity index (χ1v) is 3.49. The van der Waals surface area contributed by atoms with Gasteiger partial charge in [0.25, 0.3) is 0 Å². The van der Waals surface area contributed by atoms with Crippen LogP contribution in [0.2, 0.25) is 0 Å². The maximum absolute atomic E-state index is 9.65. The van der Waals surface area contributed by atoms with Crippen molar-refractivity contribution >= 4 is 12.3 Å². The summed E-state index contributed by atoms with van der Waals surface area (Å²) in [6.07, 6.45) is 1.74. The Bertz CT molecular complexity index is 154. The van der Waals surface area contributed by atoms with E-state index < -0.39 is 18.6 Å². The molecule has 70 valence electrons. The molecule has 0 aliphatic carbocycles. The van der Waals surface area contributed by atoms with E-state index in [-0.39, 0.29) is 0 Å². The van der Waals surface area contributed by atoms with Crippen molar-refractivity contribution in [3.8, 4) is 0 Å². The lowest BCUT2D eigenvalue weighted by Crippen LogP contribution is -2.33. The van der Waals surface area contributed by atoms with Crippen LogP contribution in [0.4, 0.5) is 0 Å². The zero-order valence-electron chi connectivity index (χ0n) is 6.60. The minimum Gasteiger partial charge on any atom is -0.480 e. The summed E-state index contributed by atoms with van der Waals surface area (Å²) in [6, 6.07) is -1.13. The van der Waals surface area contributed by atoms with E-state index >= 15 is 0 Å². The van der Waals surface area contributed by atoms with Crippen molar-refractivity contribution in [1.29, 1.82) is 0 Å². The first kappa shape index (κ1) is 10.9. The zero-order valence-corrected chi connectivity index (χ0v) is 6.60. The lowest BCUT2D eigenvalue weighted by molar-refractivity contribution is -0.139. The normalized spacial score (nSPS) is 15.8. The van der Waals surface area contributed by atoms with Crippen LogP contribution in [0.25, 0.3) is 0 Å². The zero-order chi connectivity index (χ0) is 9.40. The summed E-state index contributed by atoms with van der Waals surface area (Å²) >= 11 is 0. The molecule has 1 aliphatic heterocycles. The number of hydrogen-bond donors (Lipinski definition) is 4. The molecule has 0 amide bonds. The number of hydrogen-bond acceptors (Lipinski definition) is 5. The highest BCUT2D eigenvalue weighted by Gasteiger charge is 2.06. The van der Waals surface area contributed by atoms with Crippen molar-refractivity contribution in [2.75, 3.05) is 19.7 Å². The lowest BCUT2D eigenvalue weighted by atomic mass is 10.3. The maximum atomic E-state index is 9.65. The molecule has 0 aromatic heterocycles. The van der Waals surface area contributed by atoms with E-state index in [4.69, 9.17) is 15.9 Å². The first-order chi connectivity index (χ1) is 5.68. The number of nitrogens with zero attached hydrogens (tertiary/aromatic N) is 1. The van der Waals surface area contributed by atoms with E-state index in [0.29, 0.717) is 0 Å². The third-order valence-electron chi connectivity index (χ3n) is 1.08. The summed E-state index contributed by atoms with van der Waals surface area (Å²) in [5.41, 5.74) is 4.77. The molecule has 0 spiro atoms. The minimum atomic E-state index is -1.18. The van der Waals surface area contributed by atoms with Crippen LogP contribution in [0.15, 0.2) is 4.99 Å². The number of aliphatic hydroxyl groups is 1. The number of aliphatic carboxylic acids is 1. The summed E-state index contributed by atoms with van der Waals surface area (Å²) in [7, 11) is 0. The van der Waals surface area contributed by atoms with Gasteiger partial charge in [0.15, 0.2) is 0 Å². The highest BCUT2D eigenvalue weighted by Crippen LogP contribution is 1.71. The van der Waals surface area contributed by atoms with Gasteiger partial charge < -0.3 is 21.3 Å². The SMILES string of the molecule is C1=NCCN1.NC(CO)C(=O)O. The molecule has 1 heterocycles. The summed E-state index contributed by atoms with van der Waals surface area (Å²) in [5.74, 6) is -1.18. The Morgan fingerprint density at radius 3 is 2.58 bits per heavy atom. The molecular weight excluding hydrogens is 162 g/mol. The molecule has 6 nitrogen and oxygen atoms in total. The molecule has 0 radical (unpaired) electrons. The molecule has 1 atom stereocenters. The van der Waals surface area contributed by atoms with E-state index in [1.807, 2.05) is 0 Å². The Morgan fingerprint density at radius 1 is 1.83 bits per heavy atom. The van der Waals surface area contributed by atoms with E-state index in [0.717, 1.165) is 13.1 Å². The largest absolute Gasteiger partial charge is 0.480 e. The summed E-state index contributed by atoms with van der Waals surface area (Å²) in [4.78, 5) is 13.5. The number of rotatable bonds is 2. The molecule has 1 rings (SSSR count). The molecule has 0 bridgehead atoms. The van der Waals surface area contributed by atoms with Gasteiger partial charge in [-0.05, 0) is 0 Å². The third-order valence-corrected chi connectivity index (χ3v) is 1.08. The molecule has 0 fully saturated rings. The van der Waals surface area contributed by atoms with Crippen molar-refractivity contribution in [2.24, 2.45) is 10.7 Å².